The molecule has 0 aromatic carbocycles. The molecule has 0 aliphatic heterocycles. The van der Waals surface area contributed by atoms with Crippen LogP contribution in [-0.4, -0.2) is 23.5 Å². The van der Waals surface area contributed by atoms with Gasteiger partial charge < -0.3 is 4.90 Å². The van der Waals surface area contributed by atoms with Crippen molar-refractivity contribution in [3.63, 3.8) is 0 Å². The van der Waals surface area contributed by atoms with Crippen LogP contribution in [0.2, 0.25) is 0 Å². The normalized spacial score (nSPS) is 11.9. The Morgan fingerprint density at radius 3 is 2.36 bits per heavy atom. The summed E-state index contributed by atoms with van der Waals surface area (Å²) in [4.78, 5) is 7.93. The number of halogens is 1. The predicted molar refractivity (Wildman–Crippen MR) is 64.8 cm³/mol. The van der Waals surface area contributed by atoms with Crippen LogP contribution in [0.4, 0.5) is 5.13 Å². The number of aromatic nitrogens is 1. The van der Waals surface area contributed by atoms with E-state index in [1.165, 1.54) is 4.88 Å². The van der Waals surface area contributed by atoms with Gasteiger partial charge in [-0.15, -0.1) is 22.9 Å². The Bertz CT molecular complexity index is 300. The summed E-state index contributed by atoms with van der Waals surface area (Å²) in [7, 11) is 2.04. The van der Waals surface area contributed by atoms with Gasteiger partial charge in [-0.05, 0) is 27.7 Å². The molecule has 0 amide bonds. The molecular weight excluding hydrogens is 216 g/mol. The SMILES string of the molecule is Cc1nc(N(C)C(C)(C)CCl)sc1C. The van der Waals surface area contributed by atoms with E-state index in [1.807, 2.05) is 14.0 Å². The lowest BCUT2D eigenvalue weighted by molar-refractivity contribution is 0.544. The molecule has 1 heterocycles. The van der Waals surface area contributed by atoms with Crippen molar-refractivity contribution in [2.75, 3.05) is 17.8 Å². The van der Waals surface area contributed by atoms with E-state index in [1.54, 1.807) is 11.3 Å². The molecule has 0 bridgehead atoms. The van der Waals surface area contributed by atoms with Gasteiger partial charge in [0.05, 0.1) is 5.69 Å². The molecule has 0 N–H and O–H groups in total. The minimum absolute atomic E-state index is 0.0434. The zero-order chi connectivity index (χ0) is 10.9. The lowest BCUT2D eigenvalue weighted by Crippen LogP contribution is -2.42. The number of alkyl halides is 1. The number of rotatable bonds is 3. The largest absolute Gasteiger partial charge is 0.345 e. The maximum Gasteiger partial charge on any atom is 0.185 e. The molecule has 0 fully saturated rings. The Morgan fingerprint density at radius 1 is 1.43 bits per heavy atom. The molecule has 1 aromatic heterocycles. The molecular formula is C10H17ClN2S. The van der Waals surface area contributed by atoms with Crippen molar-refractivity contribution in [3.8, 4) is 0 Å². The fourth-order valence-electron chi connectivity index (χ4n) is 0.948. The highest BCUT2D eigenvalue weighted by atomic mass is 35.5. The first-order valence-electron chi connectivity index (χ1n) is 4.62. The zero-order valence-corrected chi connectivity index (χ0v) is 11.0. The third-order valence-corrected chi connectivity index (χ3v) is 4.34. The summed E-state index contributed by atoms with van der Waals surface area (Å²) in [6.07, 6.45) is 0. The van der Waals surface area contributed by atoms with Crippen molar-refractivity contribution < 1.29 is 0 Å². The summed E-state index contributed by atoms with van der Waals surface area (Å²) in [5, 5.41) is 1.05. The van der Waals surface area contributed by atoms with Crippen molar-refractivity contribution in [2.45, 2.75) is 33.2 Å². The summed E-state index contributed by atoms with van der Waals surface area (Å²) in [6, 6.07) is 0. The fourth-order valence-corrected chi connectivity index (χ4v) is 2.16. The summed E-state index contributed by atoms with van der Waals surface area (Å²) < 4.78 is 0. The maximum atomic E-state index is 5.92. The summed E-state index contributed by atoms with van der Waals surface area (Å²) in [5.74, 6) is 0.598. The minimum atomic E-state index is -0.0434. The molecule has 0 saturated carbocycles. The first-order valence-corrected chi connectivity index (χ1v) is 5.97. The first kappa shape index (κ1) is 11.8. The number of anilines is 1. The topological polar surface area (TPSA) is 16.1 Å². The second kappa shape index (κ2) is 4.07. The van der Waals surface area contributed by atoms with Crippen molar-refractivity contribution in [1.29, 1.82) is 0 Å². The Hall–Kier alpha value is -0.280. The van der Waals surface area contributed by atoms with Crippen LogP contribution in [0, 0.1) is 13.8 Å². The predicted octanol–water partition coefficient (Wildman–Crippen LogP) is 3.21. The van der Waals surface area contributed by atoms with Gasteiger partial charge in [-0.1, -0.05) is 0 Å². The van der Waals surface area contributed by atoms with Gasteiger partial charge in [0.25, 0.3) is 0 Å². The molecule has 14 heavy (non-hydrogen) atoms. The Morgan fingerprint density at radius 2 is 2.00 bits per heavy atom. The van der Waals surface area contributed by atoms with Gasteiger partial charge in [-0.25, -0.2) is 4.98 Å². The molecule has 0 aliphatic carbocycles. The minimum Gasteiger partial charge on any atom is -0.345 e. The standard InChI is InChI=1S/C10H17ClN2S/c1-7-8(2)14-9(12-7)13(5)10(3,4)6-11/h6H2,1-5H3. The molecule has 80 valence electrons. The molecule has 2 nitrogen and oxygen atoms in total. The van der Waals surface area contributed by atoms with E-state index < -0.39 is 0 Å². The van der Waals surface area contributed by atoms with Gasteiger partial charge in [-0.3, -0.25) is 0 Å². The highest BCUT2D eigenvalue weighted by molar-refractivity contribution is 7.15. The number of thiazole rings is 1. The van der Waals surface area contributed by atoms with E-state index in [0.717, 1.165) is 10.8 Å². The Kier molecular flexibility index (Phi) is 3.43. The molecule has 0 radical (unpaired) electrons. The van der Waals surface area contributed by atoms with Gasteiger partial charge in [0.2, 0.25) is 0 Å². The van der Waals surface area contributed by atoms with Crippen LogP contribution in [0.1, 0.15) is 24.4 Å². The first-order chi connectivity index (χ1) is 6.38. The molecule has 0 aliphatic rings. The average molecular weight is 233 g/mol. The number of hydrogen-bond acceptors (Lipinski definition) is 3. The van der Waals surface area contributed by atoms with Crippen LogP contribution < -0.4 is 4.90 Å². The summed E-state index contributed by atoms with van der Waals surface area (Å²) in [5.41, 5.74) is 1.07. The van der Waals surface area contributed by atoms with Crippen LogP contribution in [0.5, 0.6) is 0 Å². The van der Waals surface area contributed by atoms with Crippen molar-refractivity contribution in [3.05, 3.63) is 10.6 Å². The second-order valence-electron chi connectivity index (χ2n) is 4.14. The monoisotopic (exact) mass is 232 g/mol. The van der Waals surface area contributed by atoms with E-state index >= 15 is 0 Å². The van der Waals surface area contributed by atoms with Crippen LogP contribution in [0.3, 0.4) is 0 Å². The zero-order valence-electron chi connectivity index (χ0n) is 9.39. The number of hydrogen-bond donors (Lipinski definition) is 0. The Balaban J connectivity index is 2.94. The van der Waals surface area contributed by atoms with Gasteiger partial charge in [0.15, 0.2) is 5.13 Å². The molecule has 1 aromatic rings. The van der Waals surface area contributed by atoms with E-state index in [2.05, 4.69) is 30.7 Å². The highest BCUT2D eigenvalue weighted by Gasteiger charge is 2.24. The Labute approximate surface area is 94.9 Å². The quantitative estimate of drug-likeness (QED) is 0.744. The summed E-state index contributed by atoms with van der Waals surface area (Å²) >= 11 is 7.64. The highest BCUT2D eigenvalue weighted by Crippen LogP contribution is 2.29. The van der Waals surface area contributed by atoms with Crippen molar-refractivity contribution in [2.24, 2.45) is 0 Å². The maximum absolute atomic E-state index is 5.92. The molecule has 1 rings (SSSR count). The van der Waals surface area contributed by atoms with E-state index in [-0.39, 0.29) is 5.54 Å². The lowest BCUT2D eigenvalue weighted by Gasteiger charge is -2.33. The summed E-state index contributed by atoms with van der Waals surface area (Å²) in [6.45, 7) is 8.37. The average Bonchev–Trinajstić information content (AvgIpc) is 2.45. The lowest BCUT2D eigenvalue weighted by atomic mass is 10.1. The molecule has 0 unspecified atom stereocenters. The van der Waals surface area contributed by atoms with E-state index in [0.29, 0.717) is 5.88 Å². The van der Waals surface area contributed by atoms with E-state index in [9.17, 15) is 0 Å². The van der Waals surface area contributed by atoms with Crippen molar-refractivity contribution >= 4 is 28.1 Å². The molecule has 4 heteroatoms. The molecule has 0 saturated heterocycles. The van der Waals surface area contributed by atoms with Crippen molar-refractivity contribution in [1.82, 2.24) is 4.98 Å². The molecule has 0 spiro atoms. The van der Waals surface area contributed by atoms with Crippen LogP contribution >= 0.6 is 22.9 Å². The second-order valence-corrected chi connectivity index (χ2v) is 5.59. The van der Waals surface area contributed by atoms with Crippen LogP contribution in [0.25, 0.3) is 0 Å². The van der Waals surface area contributed by atoms with Crippen LogP contribution in [-0.2, 0) is 0 Å². The molecule has 0 atom stereocenters. The third-order valence-electron chi connectivity index (χ3n) is 2.54. The van der Waals surface area contributed by atoms with Crippen LogP contribution in [0.15, 0.2) is 0 Å². The van der Waals surface area contributed by atoms with Gasteiger partial charge in [0, 0.05) is 23.3 Å². The van der Waals surface area contributed by atoms with Gasteiger partial charge in [0.1, 0.15) is 0 Å². The van der Waals surface area contributed by atoms with Gasteiger partial charge >= 0.3 is 0 Å². The van der Waals surface area contributed by atoms with Gasteiger partial charge in [-0.2, -0.15) is 0 Å². The van der Waals surface area contributed by atoms with E-state index in [4.69, 9.17) is 11.6 Å². The number of nitrogens with zero attached hydrogens (tertiary/aromatic N) is 2. The fraction of sp³-hybridized carbons (Fsp3) is 0.700. The number of aryl methyl sites for hydroxylation is 2. The third kappa shape index (κ3) is 2.20. The smallest absolute Gasteiger partial charge is 0.185 e.